The van der Waals surface area contributed by atoms with Crippen molar-refractivity contribution in [3.63, 3.8) is 0 Å². The fourth-order valence-corrected chi connectivity index (χ4v) is 3.10. The lowest BCUT2D eigenvalue weighted by Gasteiger charge is -2.22. The van der Waals surface area contributed by atoms with E-state index in [1.165, 1.54) is 32.6 Å². The molecular formula is C11H20N6. The molecule has 3 heterocycles. The second-order valence-electron chi connectivity index (χ2n) is 5.11. The third-order valence-electron chi connectivity index (χ3n) is 4.09. The highest BCUT2D eigenvalue weighted by Crippen LogP contribution is 2.26. The number of aryl methyl sites for hydroxylation is 2. The SMILES string of the molecule is Cc1nnnn1CCCN1CC[C@H]2CNC[C@H]21. The van der Waals surface area contributed by atoms with Gasteiger partial charge in [-0.3, -0.25) is 4.90 Å². The molecule has 0 spiro atoms. The summed E-state index contributed by atoms with van der Waals surface area (Å²) in [5, 5.41) is 15.0. The van der Waals surface area contributed by atoms with Gasteiger partial charge in [-0.15, -0.1) is 5.10 Å². The summed E-state index contributed by atoms with van der Waals surface area (Å²) in [7, 11) is 0. The third-order valence-corrected chi connectivity index (χ3v) is 4.09. The van der Waals surface area contributed by atoms with Crippen LogP contribution in [0.3, 0.4) is 0 Å². The summed E-state index contributed by atoms with van der Waals surface area (Å²) < 4.78 is 1.89. The van der Waals surface area contributed by atoms with E-state index in [0.29, 0.717) is 0 Å². The maximum absolute atomic E-state index is 3.97. The van der Waals surface area contributed by atoms with Gasteiger partial charge in [0.2, 0.25) is 0 Å². The van der Waals surface area contributed by atoms with Gasteiger partial charge in [0.05, 0.1) is 0 Å². The Morgan fingerprint density at radius 2 is 2.29 bits per heavy atom. The molecule has 1 aromatic heterocycles. The van der Waals surface area contributed by atoms with E-state index in [9.17, 15) is 0 Å². The minimum atomic E-state index is 0.782. The molecule has 2 saturated heterocycles. The van der Waals surface area contributed by atoms with E-state index >= 15 is 0 Å². The lowest BCUT2D eigenvalue weighted by Crippen LogP contribution is -2.35. The number of nitrogens with zero attached hydrogens (tertiary/aromatic N) is 5. The Bertz CT molecular complexity index is 376. The van der Waals surface area contributed by atoms with Crippen LogP contribution in [0, 0.1) is 12.8 Å². The van der Waals surface area contributed by atoms with E-state index in [0.717, 1.165) is 30.7 Å². The van der Waals surface area contributed by atoms with Gasteiger partial charge in [-0.2, -0.15) is 0 Å². The molecule has 2 aliphatic rings. The molecule has 6 heteroatoms. The Labute approximate surface area is 101 Å². The van der Waals surface area contributed by atoms with E-state index in [4.69, 9.17) is 0 Å². The van der Waals surface area contributed by atoms with Gasteiger partial charge in [-0.1, -0.05) is 0 Å². The monoisotopic (exact) mass is 236 g/mol. The number of aromatic nitrogens is 4. The van der Waals surface area contributed by atoms with Crippen molar-refractivity contribution in [1.29, 1.82) is 0 Å². The van der Waals surface area contributed by atoms with Crippen LogP contribution in [0.2, 0.25) is 0 Å². The number of hydrogen-bond donors (Lipinski definition) is 1. The highest BCUT2D eigenvalue weighted by molar-refractivity contribution is 4.94. The number of fused-ring (bicyclic) bond motifs is 1. The summed E-state index contributed by atoms with van der Waals surface area (Å²) >= 11 is 0. The molecule has 1 N–H and O–H groups in total. The first-order valence-electron chi connectivity index (χ1n) is 6.52. The van der Waals surface area contributed by atoms with E-state index in [2.05, 4.69) is 25.7 Å². The quantitative estimate of drug-likeness (QED) is 0.775. The minimum absolute atomic E-state index is 0.782. The molecule has 0 aromatic carbocycles. The maximum Gasteiger partial charge on any atom is 0.148 e. The average molecular weight is 236 g/mol. The average Bonchev–Trinajstić information content (AvgIpc) is 2.98. The molecule has 0 saturated carbocycles. The second kappa shape index (κ2) is 4.70. The lowest BCUT2D eigenvalue weighted by atomic mass is 10.1. The molecule has 1 aromatic rings. The molecule has 2 fully saturated rings. The summed E-state index contributed by atoms with van der Waals surface area (Å²) in [6, 6.07) is 0.782. The lowest BCUT2D eigenvalue weighted by molar-refractivity contribution is 0.243. The van der Waals surface area contributed by atoms with Crippen molar-refractivity contribution in [3.05, 3.63) is 5.82 Å². The fraction of sp³-hybridized carbons (Fsp3) is 0.909. The van der Waals surface area contributed by atoms with Crippen LogP contribution in [0.4, 0.5) is 0 Å². The van der Waals surface area contributed by atoms with Gasteiger partial charge < -0.3 is 5.32 Å². The highest BCUT2D eigenvalue weighted by atomic mass is 15.5. The third kappa shape index (κ3) is 2.19. The molecule has 0 aliphatic carbocycles. The van der Waals surface area contributed by atoms with Gasteiger partial charge in [-0.25, -0.2) is 4.68 Å². The molecule has 6 nitrogen and oxygen atoms in total. The van der Waals surface area contributed by atoms with Gasteiger partial charge in [0.25, 0.3) is 0 Å². The van der Waals surface area contributed by atoms with Gasteiger partial charge in [0.1, 0.15) is 5.82 Å². The van der Waals surface area contributed by atoms with Crippen molar-refractivity contribution >= 4 is 0 Å². The second-order valence-corrected chi connectivity index (χ2v) is 5.11. The molecule has 0 unspecified atom stereocenters. The largest absolute Gasteiger partial charge is 0.315 e. The van der Waals surface area contributed by atoms with Crippen molar-refractivity contribution in [2.75, 3.05) is 26.2 Å². The summed E-state index contributed by atoms with van der Waals surface area (Å²) in [6.45, 7) is 7.71. The predicted molar refractivity (Wildman–Crippen MR) is 63.5 cm³/mol. The molecule has 0 bridgehead atoms. The van der Waals surface area contributed by atoms with Gasteiger partial charge >= 0.3 is 0 Å². The standard InChI is InChI=1S/C11H20N6/c1-9-13-14-15-17(9)5-2-4-16-6-3-10-7-12-8-11(10)16/h10-12H,2-8H2,1H3/t10-,11+/m0/s1. The number of hydrogen-bond acceptors (Lipinski definition) is 5. The van der Waals surface area contributed by atoms with Crippen LogP contribution in [-0.2, 0) is 6.54 Å². The Hall–Kier alpha value is -1.01. The first-order valence-corrected chi connectivity index (χ1v) is 6.52. The van der Waals surface area contributed by atoms with Crippen molar-refractivity contribution in [2.24, 2.45) is 5.92 Å². The molecule has 0 radical (unpaired) electrons. The van der Waals surface area contributed by atoms with Crippen LogP contribution >= 0.6 is 0 Å². The van der Waals surface area contributed by atoms with E-state index < -0.39 is 0 Å². The van der Waals surface area contributed by atoms with Crippen LogP contribution in [0.15, 0.2) is 0 Å². The number of rotatable bonds is 4. The summed E-state index contributed by atoms with van der Waals surface area (Å²) in [4.78, 5) is 2.63. The van der Waals surface area contributed by atoms with Crippen LogP contribution in [-0.4, -0.2) is 57.3 Å². The normalized spacial score (nSPS) is 28.8. The molecule has 17 heavy (non-hydrogen) atoms. The maximum atomic E-state index is 3.97. The first-order chi connectivity index (χ1) is 8.34. The topological polar surface area (TPSA) is 58.9 Å². The van der Waals surface area contributed by atoms with Crippen molar-refractivity contribution in [2.45, 2.75) is 32.4 Å². The Balaban J connectivity index is 1.47. The first kappa shape index (κ1) is 11.1. The Kier molecular flexibility index (Phi) is 3.07. The van der Waals surface area contributed by atoms with E-state index in [1.54, 1.807) is 0 Å². The zero-order chi connectivity index (χ0) is 11.7. The highest BCUT2D eigenvalue weighted by Gasteiger charge is 2.36. The zero-order valence-electron chi connectivity index (χ0n) is 10.3. The van der Waals surface area contributed by atoms with Gasteiger partial charge in [0, 0.05) is 25.7 Å². The van der Waals surface area contributed by atoms with Gasteiger partial charge in [0.15, 0.2) is 0 Å². The van der Waals surface area contributed by atoms with E-state index in [1.807, 2.05) is 11.6 Å². The summed E-state index contributed by atoms with van der Waals surface area (Å²) in [6.07, 6.45) is 2.50. The molecule has 2 atom stereocenters. The fourth-order valence-electron chi connectivity index (χ4n) is 3.10. The smallest absolute Gasteiger partial charge is 0.148 e. The van der Waals surface area contributed by atoms with Crippen LogP contribution in [0.25, 0.3) is 0 Å². The number of nitrogens with one attached hydrogen (secondary N) is 1. The predicted octanol–water partition coefficient (Wildman–Crippen LogP) is -0.335. The van der Waals surface area contributed by atoms with E-state index in [-0.39, 0.29) is 0 Å². The minimum Gasteiger partial charge on any atom is -0.315 e. The van der Waals surface area contributed by atoms with Gasteiger partial charge in [-0.05, 0) is 49.2 Å². The van der Waals surface area contributed by atoms with Crippen LogP contribution in [0.5, 0.6) is 0 Å². The Morgan fingerprint density at radius 3 is 3.12 bits per heavy atom. The number of tetrazole rings is 1. The summed E-state index contributed by atoms with van der Waals surface area (Å²) in [5.74, 6) is 1.80. The van der Waals surface area contributed by atoms with Crippen molar-refractivity contribution in [1.82, 2.24) is 30.4 Å². The Morgan fingerprint density at radius 1 is 1.35 bits per heavy atom. The van der Waals surface area contributed by atoms with Crippen LogP contribution in [0.1, 0.15) is 18.7 Å². The number of likely N-dealkylation sites (tertiary alicyclic amines) is 1. The molecule has 3 rings (SSSR count). The molecule has 94 valence electrons. The molecular weight excluding hydrogens is 216 g/mol. The molecule has 2 aliphatic heterocycles. The zero-order valence-corrected chi connectivity index (χ0v) is 10.3. The van der Waals surface area contributed by atoms with Crippen molar-refractivity contribution < 1.29 is 0 Å². The van der Waals surface area contributed by atoms with Crippen molar-refractivity contribution in [3.8, 4) is 0 Å². The summed E-state index contributed by atoms with van der Waals surface area (Å²) in [5.41, 5.74) is 0. The molecule has 0 amide bonds. The van der Waals surface area contributed by atoms with Crippen LogP contribution < -0.4 is 5.32 Å².